The molecule has 2 N–H and O–H groups in total. The second kappa shape index (κ2) is 10.7. The van der Waals surface area contributed by atoms with Gasteiger partial charge in [-0.3, -0.25) is 4.79 Å². The minimum Gasteiger partial charge on any atom is -0.504 e. The molecule has 0 saturated carbocycles. The van der Waals surface area contributed by atoms with E-state index in [0.29, 0.717) is 16.1 Å². The largest absolute Gasteiger partial charge is 0.504 e. The van der Waals surface area contributed by atoms with Crippen LogP contribution >= 0.6 is 22.9 Å². The molecule has 0 fully saturated rings. The van der Waals surface area contributed by atoms with Crippen LogP contribution in [0.4, 0.5) is 5.00 Å². The van der Waals surface area contributed by atoms with Crippen LogP contribution in [0.25, 0.3) is 17.2 Å². The van der Waals surface area contributed by atoms with Crippen molar-refractivity contribution in [1.82, 2.24) is 0 Å². The summed E-state index contributed by atoms with van der Waals surface area (Å²) in [7, 11) is 1.40. The second-order valence-corrected chi connectivity index (χ2v) is 7.95. The third-order valence-electron chi connectivity index (χ3n) is 4.53. The van der Waals surface area contributed by atoms with Crippen molar-refractivity contribution in [2.75, 3.05) is 19.0 Å². The summed E-state index contributed by atoms with van der Waals surface area (Å²) in [6, 6.07) is 13.2. The van der Waals surface area contributed by atoms with Gasteiger partial charge < -0.3 is 19.9 Å². The van der Waals surface area contributed by atoms with Crippen LogP contribution in [0.3, 0.4) is 0 Å². The summed E-state index contributed by atoms with van der Waals surface area (Å²) >= 11 is 7.11. The number of hydrogen-bond donors (Lipinski definition) is 2. The minimum atomic E-state index is -0.695. The molecule has 0 bridgehead atoms. The van der Waals surface area contributed by atoms with E-state index >= 15 is 0 Å². The fourth-order valence-corrected chi connectivity index (χ4v) is 4.05. The van der Waals surface area contributed by atoms with Crippen molar-refractivity contribution in [3.05, 3.63) is 69.6 Å². The highest BCUT2D eigenvalue weighted by molar-refractivity contribution is 7.15. The zero-order chi connectivity index (χ0) is 24.0. The number of carbonyl (C=O) groups is 2. The number of phenolic OH excluding ortho intramolecular Hbond substituents is 1. The van der Waals surface area contributed by atoms with Gasteiger partial charge in [0.1, 0.15) is 22.2 Å². The van der Waals surface area contributed by atoms with Gasteiger partial charge in [0, 0.05) is 16.0 Å². The highest BCUT2D eigenvalue weighted by atomic mass is 35.5. The number of anilines is 1. The molecule has 0 unspecified atom stereocenters. The summed E-state index contributed by atoms with van der Waals surface area (Å²) in [6.07, 6.45) is 1.36. The molecule has 0 aliphatic carbocycles. The lowest BCUT2D eigenvalue weighted by Gasteiger charge is -2.09. The molecule has 7 nitrogen and oxygen atoms in total. The number of phenols is 1. The van der Waals surface area contributed by atoms with Gasteiger partial charge in [0.05, 0.1) is 13.7 Å². The molecule has 3 rings (SSSR count). The highest BCUT2D eigenvalue weighted by Crippen LogP contribution is 2.37. The highest BCUT2D eigenvalue weighted by Gasteiger charge is 2.24. The molecule has 0 radical (unpaired) electrons. The number of esters is 1. The standard InChI is InChI=1S/C24H19ClN2O5S/c1-3-32-24(30)21-18(15-5-7-17(25)8-6-15)13-33-23(21)27-22(29)16(12-26)10-14-4-9-19(28)20(11-14)31-2/h4-11,13,28H,3H2,1-2H3,(H,27,29)/b16-10+. The summed E-state index contributed by atoms with van der Waals surface area (Å²) < 4.78 is 10.2. The molecule has 0 aliphatic rings. The maximum absolute atomic E-state index is 12.8. The average molecular weight is 483 g/mol. The van der Waals surface area contributed by atoms with Crippen molar-refractivity contribution in [2.45, 2.75) is 6.92 Å². The Kier molecular flexibility index (Phi) is 7.72. The number of nitriles is 1. The van der Waals surface area contributed by atoms with Crippen molar-refractivity contribution in [1.29, 1.82) is 5.26 Å². The fraction of sp³-hybridized carbons (Fsp3) is 0.125. The van der Waals surface area contributed by atoms with Crippen molar-refractivity contribution in [3.63, 3.8) is 0 Å². The number of ether oxygens (including phenoxy) is 2. The fourth-order valence-electron chi connectivity index (χ4n) is 2.97. The first kappa shape index (κ1) is 23.9. The minimum absolute atomic E-state index is 0.0648. The SMILES string of the molecule is CCOC(=O)c1c(-c2ccc(Cl)cc2)csc1NC(=O)/C(C#N)=C/c1ccc(O)c(OC)c1. The summed E-state index contributed by atoms with van der Waals surface area (Å²) in [4.78, 5) is 25.5. The van der Waals surface area contributed by atoms with Crippen LogP contribution in [0, 0.1) is 11.3 Å². The molecule has 0 spiro atoms. The number of halogens is 1. The predicted molar refractivity (Wildman–Crippen MR) is 128 cm³/mol. The number of carbonyl (C=O) groups excluding carboxylic acids is 2. The smallest absolute Gasteiger partial charge is 0.341 e. The van der Waals surface area contributed by atoms with Gasteiger partial charge in [-0.1, -0.05) is 29.8 Å². The van der Waals surface area contributed by atoms with Gasteiger partial charge >= 0.3 is 5.97 Å². The Labute approximate surface area is 199 Å². The summed E-state index contributed by atoms with van der Waals surface area (Å²) in [5.41, 5.74) is 1.79. The Hall–Kier alpha value is -3.80. The second-order valence-electron chi connectivity index (χ2n) is 6.64. The van der Waals surface area contributed by atoms with Crippen LogP contribution in [0.1, 0.15) is 22.8 Å². The van der Waals surface area contributed by atoms with Crippen molar-refractivity contribution < 1.29 is 24.2 Å². The van der Waals surface area contributed by atoms with Gasteiger partial charge in [-0.25, -0.2) is 4.79 Å². The average Bonchev–Trinajstić information content (AvgIpc) is 3.22. The van der Waals surface area contributed by atoms with Crippen LogP contribution in [-0.4, -0.2) is 30.7 Å². The van der Waals surface area contributed by atoms with Gasteiger partial charge in [0.25, 0.3) is 5.91 Å². The molecular formula is C24H19ClN2O5S. The first-order valence-electron chi connectivity index (χ1n) is 9.72. The van der Waals surface area contributed by atoms with Crippen LogP contribution in [0.2, 0.25) is 5.02 Å². The lowest BCUT2D eigenvalue weighted by Crippen LogP contribution is -2.16. The Morgan fingerprint density at radius 2 is 1.97 bits per heavy atom. The monoisotopic (exact) mass is 482 g/mol. The third-order valence-corrected chi connectivity index (χ3v) is 5.68. The summed E-state index contributed by atoms with van der Waals surface area (Å²) in [5.74, 6) is -1.15. The lowest BCUT2D eigenvalue weighted by molar-refractivity contribution is -0.112. The number of methoxy groups -OCH3 is 1. The van der Waals surface area contributed by atoms with E-state index in [9.17, 15) is 20.0 Å². The molecule has 1 heterocycles. The summed E-state index contributed by atoms with van der Waals surface area (Å²) in [6.45, 7) is 1.85. The van der Waals surface area contributed by atoms with Gasteiger partial charge in [-0.15, -0.1) is 11.3 Å². The molecule has 0 atom stereocenters. The number of thiophene rings is 1. The van der Waals surface area contributed by atoms with E-state index in [2.05, 4.69) is 5.32 Å². The summed E-state index contributed by atoms with van der Waals surface area (Å²) in [5, 5.41) is 24.4. The lowest BCUT2D eigenvalue weighted by atomic mass is 10.0. The number of nitrogens with one attached hydrogen (secondary N) is 1. The number of hydrogen-bond acceptors (Lipinski definition) is 7. The molecule has 9 heteroatoms. The zero-order valence-corrected chi connectivity index (χ0v) is 19.3. The molecule has 1 aromatic heterocycles. The Balaban J connectivity index is 1.96. The molecular weight excluding hydrogens is 464 g/mol. The van der Waals surface area contributed by atoms with E-state index in [-0.39, 0.29) is 34.2 Å². The van der Waals surface area contributed by atoms with Crippen LogP contribution < -0.4 is 10.1 Å². The zero-order valence-electron chi connectivity index (χ0n) is 17.7. The van der Waals surface area contributed by atoms with E-state index in [1.165, 1.54) is 31.4 Å². The van der Waals surface area contributed by atoms with E-state index in [0.717, 1.165) is 16.9 Å². The quantitative estimate of drug-likeness (QED) is 0.261. The van der Waals surface area contributed by atoms with E-state index in [4.69, 9.17) is 21.1 Å². The van der Waals surface area contributed by atoms with Crippen LogP contribution in [0.5, 0.6) is 11.5 Å². The Morgan fingerprint density at radius 1 is 1.24 bits per heavy atom. The maximum Gasteiger partial charge on any atom is 0.341 e. The number of aromatic hydroxyl groups is 1. The van der Waals surface area contributed by atoms with E-state index in [1.807, 2.05) is 6.07 Å². The Bertz CT molecular complexity index is 1260. The normalized spacial score (nSPS) is 10.9. The number of amides is 1. The predicted octanol–water partition coefficient (Wildman–Crippen LogP) is 5.51. The molecule has 168 valence electrons. The van der Waals surface area contributed by atoms with Crippen molar-refractivity contribution >= 4 is 45.9 Å². The first-order chi connectivity index (χ1) is 15.9. The molecule has 0 aliphatic heterocycles. The topological polar surface area (TPSA) is 109 Å². The first-order valence-corrected chi connectivity index (χ1v) is 11.0. The number of rotatable bonds is 7. The van der Waals surface area contributed by atoms with Crippen molar-refractivity contribution in [2.24, 2.45) is 0 Å². The molecule has 1 amide bonds. The molecule has 2 aromatic carbocycles. The molecule has 3 aromatic rings. The maximum atomic E-state index is 12.8. The van der Waals surface area contributed by atoms with Gasteiger partial charge in [0.2, 0.25) is 0 Å². The van der Waals surface area contributed by atoms with E-state index < -0.39 is 11.9 Å². The Morgan fingerprint density at radius 3 is 2.61 bits per heavy atom. The molecule has 0 saturated heterocycles. The third kappa shape index (κ3) is 5.52. The van der Waals surface area contributed by atoms with Gasteiger partial charge in [0.15, 0.2) is 11.5 Å². The van der Waals surface area contributed by atoms with Gasteiger partial charge in [-0.2, -0.15) is 5.26 Å². The van der Waals surface area contributed by atoms with Crippen LogP contribution in [-0.2, 0) is 9.53 Å². The van der Waals surface area contributed by atoms with Crippen molar-refractivity contribution in [3.8, 4) is 28.7 Å². The number of benzene rings is 2. The van der Waals surface area contributed by atoms with Gasteiger partial charge in [-0.05, 0) is 48.4 Å². The van der Waals surface area contributed by atoms with Crippen LogP contribution in [0.15, 0.2) is 53.4 Å². The number of nitrogens with zero attached hydrogens (tertiary/aromatic N) is 1. The van der Waals surface area contributed by atoms with E-state index in [1.54, 1.807) is 36.6 Å². The molecule has 33 heavy (non-hydrogen) atoms.